The van der Waals surface area contributed by atoms with E-state index in [1.165, 1.54) is 0 Å². The van der Waals surface area contributed by atoms with E-state index in [1.807, 2.05) is 60.7 Å². The molecule has 1 amide bonds. The van der Waals surface area contributed by atoms with E-state index >= 15 is 0 Å². The van der Waals surface area contributed by atoms with Gasteiger partial charge in [0.15, 0.2) is 11.5 Å². The Bertz CT molecular complexity index is 2000. The molecule has 3 atom stereocenters. The molecule has 4 aromatic carbocycles. The van der Waals surface area contributed by atoms with Gasteiger partial charge in [0.25, 0.3) is 5.91 Å². The molecule has 10 heteroatoms. The summed E-state index contributed by atoms with van der Waals surface area (Å²) in [5.74, 6) is 1.02. The van der Waals surface area contributed by atoms with E-state index in [2.05, 4.69) is 27.9 Å². The Morgan fingerprint density at radius 1 is 0.953 bits per heavy atom. The second-order valence-corrected chi connectivity index (χ2v) is 12.1. The Morgan fingerprint density at radius 3 is 2.63 bits per heavy atom. The van der Waals surface area contributed by atoms with Gasteiger partial charge < -0.3 is 24.3 Å². The summed E-state index contributed by atoms with van der Waals surface area (Å²) in [6.45, 7) is 0.576. The predicted octanol–water partition coefficient (Wildman–Crippen LogP) is 5.85. The van der Waals surface area contributed by atoms with Gasteiger partial charge in [-0.25, -0.2) is 9.97 Å². The summed E-state index contributed by atoms with van der Waals surface area (Å²) < 4.78 is 23.6. The van der Waals surface area contributed by atoms with Crippen LogP contribution < -0.4 is 19.5 Å². The number of cyclic esters (lactones) is 1. The molecule has 3 heterocycles. The van der Waals surface area contributed by atoms with Gasteiger partial charge in [0.2, 0.25) is 6.79 Å². The first-order valence-corrected chi connectivity index (χ1v) is 15.0. The predicted molar refractivity (Wildman–Crippen MR) is 167 cm³/mol. The quantitative estimate of drug-likeness (QED) is 0.143. The number of carbonyl (C=O) groups is 2. The number of fused-ring (bicyclic) bond motifs is 5. The maximum absolute atomic E-state index is 13.1. The number of halogens is 1. The average Bonchev–Trinajstić information content (AvgIpc) is 3.63. The van der Waals surface area contributed by atoms with Gasteiger partial charge in [0, 0.05) is 21.1 Å². The van der Waals surface area contributed by atoms with Crippen LogP contribution in [0.25, 0.3) is 22.1 Å². The van der Waals surface area contributed by atoms with Gasteiger partial charge in [-0.3, -0.25) is 9.59 Å². The Balaban J connectivity index is 1.22. The van der Waals surface area contributed by atoms with Gasteiger partial charge in [0.1, 0.15) is 11.3 Å². The topological polar surface area (TPSA) is 109 Å². The minimum absolute atomic E-state index is 0.0579. The lowest BCUT2D eigenvalue weighted by atomic mass is 9.67. The summed E-state index contributed by atoms with van der Waals surface area (Å²) in [5.41, 5.74) is 6.78. The highest BCUT2D eigenvalue weighted by atomic mass is 127. The van der Waals surface area contributed by atoms with Crippen molar-refractivity contribution < 1.29 is 28.5 Å². The van der Waals surface area contributed by atoms with Crippen LogP contribution in [-0.2, 0) is 16.0 Å². The summed E-state index contributed by atoms with van der Waals surface area (Å²) in [6.07, 6.45) is 0.732. The summed E-state index contributed by atoms with van der Waals surface area (Å²) >= 11 is 2.15. The fourth-order valence-corrected chi connectivity index (χ4v) is 7.16. The van der Waals surface area contributed by atoms with Crippen molar-refractivity contribution in [1.82, 2.24) is 9.97 Å². The third-order valence-corrected chi connectivity index (χ3v) is 9.45. The molecular weight excluding hydrogens is 661 g/mol. The van der Waals surface area contributed by atoms with E-state index in [-0.39, 0.29) is 36.4 Å². The van der Waals surface area contributed by atoms with Crippen LogP contribution in [-0.4, -0.2) is 42.4 Å². The standard InChI is InChI=1S/C33H24IN3O6/c1-40-28-11-17(29-21-13-27-26(42-15-43-27)10-16(21)8-18-14-41-33(39)30(18)29)9-25-31(28)37-24-12-19(6-7-23(24)36-25)35-32(38)20-4-2-3-5-22(20)34/h2-7,9-13,18,29-30H,8,14-15H2,1H3,(H,35,38)/t18-,29+,30-/m0/s1. The molecule has 214 valence electrons. The number of aromatic nitrogens is 2. The third kappa shape index (κ3) is 4.34. The zero-order chi connectivity index (χ0) is 29.2. The van der Waals surface area contributed by atoms with Gasteiger partial charge in [-0.2, -0.15) is 0 Å². The van der Waals surface area contributed by atoms with Crippen molar-refractivity contribution in [1.29, 1.82) is 0 Å². The van der Waals surface area contributed by atoms with E-state index < -0.39 is 0 Å². The van der Waals surface area contributed by atoms with Crippen molar-refractivity contribution in [3.8, 4) is 17.2 Å². The molecule has 1 saturated heterocycles. The van der Waals surface area contributed by atoms with Crippen molar-refractivity contribution in [2.75, 3.05) is 25.8 Å². The Labute approximate surface area is 259 Å². The largest absolute Gasteiger partial charge is 0.494 e. The van der Waals surface area contributed by atoms with Gasteiger partial charge in [-0.1, -0.05) is 12.1 Å². The first-order chi connectivity index (χ1) is 21.0. The first-order valence-electron chi connectivity index (χ1n) is 13.9. The zero-order valence-corrected chi connectivity index (χ0v) is 25.1. The highest BCUT2D eigenvalue weighted by Crippen LogP contribution is 2.51. The Hall–Kier alpha value is -4.45. The summed E-state index contributed by atoms with van der Waals surface area (Å²) in [5, 5.41) is 2.97. The number of carbonyl (C=O) groups excluding carboxylic acids is 2. The van der Waals surface area contributed by atoms with Crippen molar-refractivity contribution in [3.63, 3.8) is 0 Å². The number of rotatable bonds is 4. The average molecular weight is 685 g/mol. The van der Waals surface area contributed by atoms with Crippen molar-refractivity contribution in [2.24, 2.45) is 11.8 Å². The second kappa shape index (κ2) is 10.1. The third-order valence-electron chi connectivity index (χ3n) is 8.51. The summed E-state index contributed by atoms with van der Waals surface area (Å²) in [6, 6.07) is 20.9. The van der Waals surface area contributed by atoms with Gasteiger partial charge in [-0.15, -0.1) is 0 Å². The molecule has 0 saturated carbocycles. The van der Waals surface area contributed by atoms with Crippen LogP contribution in [0.5, 0.6) is 17.2 Å². The molecule has 0 bridgehead atoms. The highest BCUT2D eigenvalue weighted by Gasteiger charge is 2.48. The van der Waals surface area contributed by atoms with Gasteiger partial charge >= 0.3 is 5.97 Å². The molecule has 3 aliphatic rings. The molecule has 1 N–H and O–H groups in total. The summed E-state index contributed by atoms with van der Waals surface area (Å²) in [7, 11) is 1.60. The van der Waals surface area contributed by atoms with E-state index in [4.69, 9.17) is 28.9 Å². The van der Waals surface area contributed by atoms with Gasteiger partial charge in [-0.05, 0) is 100 Å². The first kappa shape index (κ1) is 26.2. The van der Waals surface area contributed by atoms with Crippen LogP contribution in [0.4, 0.5) is 5.69 Å². The number of ether oxygens (including phenoxy) is 4. The molecule has 43 heavy (non-hydrogen) atoms. The van der Waals surface area contributed by atoms with Crippen LogP contribution in [0.3, 0.4) is 0 Å². The highest BCUT2D eigenvalue weighted by molar-refractivity contribution is 14.1. The molecule has 1 aliphatic carbocycles. The molecule has 1 aromatic heterocycles. The Morgan fingerprint density at radius 2 is 1.79 bits per heavy atom. The van der Waals surface area contributed by atoms with Crippen LogP contribution in [0.15, 0.2) is 66.7 Å². The molecule has 8 rings (SSSR count). The number of nitrogens with one attached hydrogen (secondary N) is 1. The molecular formula is C33H24IN3O6. The molecule has 0 spiro atoms. The zero-order valence-electron chi connectivity index (χ0n) is 22.9. The lowest BCUT2D eigenvalue weighted by Gasteiger charge is -2.33. The number of nitrogens with zero attached hydrogens (tertiary/aromatic N) is 2. The minimum Gasteiger partial charge on any atom is -0.494 e. The molecule has 2 aliphatic heterocycles. The van der Waals surface area contributed by atoms with Crippen LogP contribution in [0, 0.1) is 15.4 Å². The Kier molecular flexibility index (Phi) is 6.14. The fourth-order valence-electron chi connectivity index (χ4n) is 6.53. The number of hydrogen-bond acceptors (Lipinski definition) is 8. The van der Waals surface area contributed by atoms with Crippen molar-refractivity contribution in [3.05, 3.63) is 92.6 Å². The number of benzene rings is 4. The lowest BCUT2D eigenvalue weighted by molar-refractivity contribution is -0.141. The van der Waals surface area contributed by atoms with Crippen LogP contribution >= 0.6 is 22.6 Å². The molecule has 0 unspecified atom stereocenters. The summed E-state index contributed by atoms with van der Waals surface area (Å²) in [4.78, 5) is 35.8. The maximum atomic E-state index is 13.1. The number of methoxy groups -OCH3 is 1. The number of esters is 1. The molecule has 5 aromatic rings. The number of hydrogen-bond donors (Lipinski definition) is 1. The van der Waals surface area contributed by atoms with Crippen LogP contribution in [0.2, 0.25) is 0 Å². The second-order valence-electron chi connectivity index (χ2n) is 11.0. The fraction of sp³-hybridized carbons (Fsp3) is 0.212. The van der Waals surface area contributed by atoms with E-state index in [0.29, 0.717) is 51.4 Å². The molecule has 1 fully saturated rings. The monoisotopic (exact) mass is 685 g/mol. The van der Waals surface area contributed by atoms with E-state index in [9.17, 15) is 9.59 Å². The van der Waals surface area contributed by atoms with Gasteiger partial charge in [0.05, 0.1) is 41.7 Å². The van der Waals surface area contributed by atoms with Crippen molar-refractivity contribution >= 4 is 62.2 Å². The smallest absolute Gasteiger partial charge is 0.310 e. The van der Waals surface area contributed by atoms with E-state index in [1.54, 1.807) is 13.2 Å². The number of anilines is 1. The normalized spacial score (nSPS) is 20.0. The molecule has 0 radical (unpaired) electrons. The number of amides is 1. The lowest BCUT2D eigenvalue weighted by Crippen LogP contribution is -2.31. The van der Waals surface area contributed by atoms with E-state index in [0.717, 1.165) is 32.4 Å². The van der Waals surface area contributed by atoms with Crippen molar-refractivity contribution in [2.45, 2.75) is 12.3 Å². The minimum atomic E-state index is -0.331. The molecule has 9 nitrogen and oxygen atoms in total. The maximum Gasteiger partial charge on any atom is 0.310 e. The van der Waals surface area contributed by atoms with Crippen LogP contribution in [0.1, 0.15) is 33.0 Å². The SMILES string of the molecule is COc1cc([C@@H]2c3cc4c(cc3C[C@H]3COC(=O)[C@@H]32)OCO4)cc2nc3ccc(NC(=O)c4ccccc4I)cc3nc12.